The number of hydrogen-bond donors (Lipinski definition) is 1. The zero-order valence-electron chi connectivity index (χ0n) is 14.1. The highest BCUT2D eigenvalue weighted by molar-refractivity contribution is 7.92. The fourth-order valence-corrected chi connectivity index (χ4v) is 4.40. The zero-order valence-corrected chi connectivity index (χ0v) is 15.7. The maximum atomic E-state index is 12.5. The van der Waals surface area contributed by atoms with Gasteiger partial charge in [-0.05, 0) is 56.7 Å². The molecule has 1 heterocycles. The second kappa shape index (κ2) is 6.57. The third-order valence-electron chi connectivity index (χ3n) is 3.81. The summed E-state index contributed by atoms with van der Waals surface area (Å²) in [5, 5.41) is 2.69. The van der Waals surface area contributed by atoms with Gasteiger partial charge in [-0.2, -0.15) is 0 Å². The molecule has 0 unspecified atom stereocenters. The van der Waals surface area contributed by atoms with Gasteiger partial charge in [-0.25, -0.2) is 13.4 Å². The highest BCUT2D eigenvalue weighted by atomic mass is 32.2. The summed E-state index contributed by atoms with van der Waals surface area (Å²) < 4.78 is 25.5. The van der Waals surface area contributed by atoms with Gasteiger partial charge in [0, 0.05) is 5.56 Å². The van der Waals surface area contributed by atoms with E-state index in [1.807, 2.05) is 25.1 Å². The Morgan fingerprint density at radius 3 is 2.64 bits per heavy atom. The molecular weight excluding hydrogens is 356 g/mol. The van der Waals surface area contributed by atoms with Crippen LogP contribution in [-0.4, -0.2) is 24.6 Å². The van der Waals surface area contributed by atoms with Crippen molar-refractivity contribution in [2.24, 2.45) is 0 Å². The summed E-state index contributed by atoms with van der Waals surface area (Å²) in [7, 11) is -3.42. The van der Waals surface area contributed by atoms with E-state index in [2.05, 4.69) is 10.3 Å². The van der Waals surface area contributed by atoms with E-state index in [-0.39, 0.29) is 16.4 Å². The lowest BCUT2D eigenvalue weighted by atomic mass is 10.2. The first-order valence-electron chi connectivity index (χ1n) is 7.80. The van der Waals surface area contributed by atoms with Crippen molar-refractivity contribution in [2.75, 3.05) is 5.32 Å². The van der Waals surface area contributed by atoms with Gasteiger partial charge in [-0.1, -0.05) is 23.5 Å². The van der Waals surface area contributed by atoms with E-state index >= 15 is 0 Å². The van der Waals surface area contributed by atoms with Crippen molar-refractivity contribution in [1.29, 1.82) is 0 Å². The third kappa shape index (κ3) is 3.57. The van der Waals surface area contributed by atoms with Crippen LogP contribution in [-0.2, 0) is 9.84 Å². The normalized spacial score (nSPS) is 11.8. The number of carbonyl (C=O) groups excluding carboxylic acids is 1. The lowest BCUT2D eigenvalue weighted by molar-refractivity contribution is 0.102. The Bertz CT molecular complexity index is 1050. The van der Waals surface area contributed by atoms with E-state index < -0.39 is 15.1 Å². The Morgan fingerprint density at radius 2 is 1.92 bits per heavy atom. The van der Waals surface area contributed by atoms with Crippen LogP contribution < -0.4 is 5.32 Å². The van der Waals surface area contributed by atoms with Gasteiger partial charge < -0.3 is 0 Å². The van der Waals surface area contributed by atoms with Crippen LogP contribution in [0.1, 0.15) is 29.8 Å². The molecular formula is C18H18N2O3S2. The average molecular weight is 374 g/mol. The van der Waals surface area contributed by atoms with Gasteiger partial charge in [0.05, 0.1) is 20.4 Å². The zero-order chi connectivity index (χ0) is 18.2. The molecule has 3 rings (SSSR count). The standard InChI is InChI=1S/C18H18N2O3S2/c1-11(2)25(22,23)14-6-4-5-13(10-14)17(21)20-18-19-15-8-7-12(3)9-16(15)24-18/h4-11H,1-3H3,(H,19,20,21). The number of thiazole rings is 1. The minimum Gasteiger partial charge on any atom is -0.298 e. The molecule has 1 N–H and O–H groups in total. The van der Waals surface area contributed by atoms with Gasteiger partial charge in [-0.15, -0.1) is 0 Å². The number of rotatable bonds is 4. The minimum absolute atomic E-state index is 0.148. The highest BCUT2D eigenvalue weighted by Crippen LogP contribution is 2.27. The summed E-state index contributed by atoms with van der Waals surface area (Å²) in [4.78, 5) is 17.0. The van der Waals surface area contributed by atoms with Crippen molar-refractivity contribution in [2.45, 2.75) is 30.9 Å². The predicted molar refractivity (Wildman–Crippen MR) is 101 cm³/mol. The third-order valence-corrected chi connectivity index (χ3v) is 6.90. The molecule has 25 heavy (non-hydrogen) atoms. The largest absolute Gasteiger partial charge is 0.298 e. The van der Waals surface area contributed by atoms with Crippen LogP contribution in [0.25, 0.3) is 10.2 Å². The maximum absolute atomic E-state index is 12.5. The molecule has 0 aliphatic carbocycles. The molecule has 1 aromatic heterocycles. The van der Waals surface area contributed by atoms with Gasteiger partial charge in [0.1, 0.15) is 0 Å². The summed E-state index contributed by atoms with van der Waals surface area (Å²) in [5.41, 5.74) is 2.24. The summed E-state index contributed by atoms with van der Waals surface area (Å²) >= 11 is 1.39. The number of amides is 1. The van der Waals surface area contributed by atoms with Crippen LogP contribution in [0.15, 0.2) is 47.4 Å². The number of nitrogens with one attached hydrogen (secondary N) is 1. The average Bonchev–Trinajstić information content (AvgIpc) is 2.96. The van der Waals surface area contributed by atoms with Gasteiger partial charge >= 0.3 is 0 Å². The van der Waals surface area contributed by atoms with Gasteiger partial charge in [0.25, 0.3) is 5.91 Å². The molecule has 2 aromatic carbocycles. The molecule has 0 radical (unpaired) electrons. The number of nitrogens with zero attached hydrogens (tertiary/aromatic N) is 1. The smallest absolute Gasteiger partial charge is 0.257 e. The SMILES string of the molecule is Cc1ccc2nc(NC(=O)c3cccc(S(=O)(=O)C(C)C)c3)sc2c1. The Morgan fingerprint density at radius 1 is 1.16 bits per heavy atom. The summed E-state index contributed by atoms with van der Waals surface area (Å²) in [6.07, 6.45) is 0. The van der Waals surface area contributed by atoms with Crippen molar-refractivity contribution in [3.8, 4) is 0 Å². The van der Waals surface area contributed by atoms with Crippen LogP contribution in [0.5, 0.6) is 0 Å². The van der Waals surface area contributed by atoms with Crippen molar-refractivity contribution in [3.05, 3.63) is 53.6 Å². The number of fused-ring (bicyclic) bond motifs is 1. The van der Waals surface area contributed by atoms with E-state index in [0.717, 1.165) is 15.8 Å². The molecule has 0 aliphatic heterocycles. The van der Waals surface area contributed by atoms with Gasteiger partial charge in [0.2, 0.25) is 0 Å². The Kier molecular flexibility index (Phi) is 4.62. The maximum Gasteiger partial charge on any atom is 0.257 e. The molecule has 130 valence electrons. The van der Waals surface area contributed by atoms with E-state index in [4.69, 9.17) is 0 Å². The molecule has 0 saturated carbocycles. The molecule has 7 heteroatoms. The number of hydrogen-bond acceptors (Lipinski definition) is 5. The van der Waals surface area contributed by atoms with Gasteiger partial charge in [0.15, 0.2) is 15.0 Å². The highest BCUT2D eigenvalue weighted by Gasteiger charge is 2.20. The molecule has 0 saturated heterocycles. The van der Waals surface area contributed by atoms with Crippen molar-refractivity contribution in [3.63, 3.8) is 0 Å². The van der Waals surface area contributed by atoms with Crippen LogP contribution >= 0.6 is 11.3 Å². The molecule has 0 fully saturated rings. The van der Waals surface area contributed by atoms with Crippen LogP contribution in [0.4, 0.5) is 5.13 Å². The topological polar surface area (TPSA) is 76.1 Å². The lowest BCUT2D eigenvalue weighted by Crippen LogP contribution is -2.16. The first-order chi connectivity index (χ1) is 11.8. The molecule has 0 atom stereocenters. The summed E-state index contributed by atoms with van der Waals surface area (Å²) in [5.74, 6) is -0.378. The lowest BCUT2D eigenvalue weighted by Gasteiger charge is -2.09. The van der Waals surface area contributed by atoms with E-state index in [1.165, 1.54) is 23.5 Å². The summed E-state index contributed by atoms with van der Waals surface area (Å²) in [6, 6.07) is 12.0. The Hall–Kier alpha value is -2.25. The fourth-order valence-electron chi connectivity index (χ4n) is 2.34. The van der Waals surface area contributed by atoms with Crippen molar-refractivity contribution < 1.29 is 13.2 Å². The first kappa shape index (κ1) is 17.6. The van der Waals surface area contributed by atoms with E-state index in [9.17, 15) is 13.2 Å². The van der Waals surface area contributed by atoms with Crippen molar-refractivity contribution in [1.82, 2.24) is 4.98 Å². The van der Waals surface area contributed by atoms with E-state index in [1.54, 1.807) is 26.0 Å². The van der Waals surface area contributed by atoms with Crippen molar-refractivity contribution >= 4 is 42.4 Å². The number of sulfone groups is 1. The fraction of sp³-hybridized carbons (Fsp3) is 0.222. The molecule has 1 amide bonds. The van der Waals surface area contributed by atoms with Crippen LogP contribution in [0.2, 0.25) is 0 Å². The second-order valence-electron chi connectivity index (χ2n) is 6.07. The number of anilines is 1. The summed E-state index contributed by atoms with van der Waals surface area (Å²) in [6.45, 7) is 5.23. The number of benzene rings is 2. The number of aryl methyl sites for hydroxylation is 1. The Labute approximate surface area is 150 Å². The van der Waals surface area contributed by atoms with Crippen LogP contribution in [0.3, 0.4) is 0 Å². The number of carbonyl (C=O) groups is 1. The van der Waals surface area contributed by atoms with E-state index in [0.29, 0.717) is 5.13 Å². The van der Waals surface area contributed by atoms with Crippen LogP contribution in [0, 0.1) is 6.92 Å². The number of aromatic nitrogens is 1. The first-order valence-corrected chi connectivity index (χ1v) is 10.2. The second-order valence-corrected chi connectivity index (χ2v) is 9.60. The molecule has 0 aliphatic rings. The molecule has 3 aromatic rings. The molecule has 0 spiro atoms. The molecule has 5 nitrogen and oxygen atoms in total. The quantitative estimate of drug-likeness (QED) is 0.748. The monoisotopic (exact) mass is 374 g/mol. The molecule has 0 bridgehead atoms. The predicted octanol–water partition coefficient (Wildman–Crippen LogP) is 4.04. The Balaban J connectivity index is 1.88. The minimum atomic E-state index is -3.42. The van der Waals surface area contributed by atoms with Gasteiger partial charge in [-0.3, -0.25) is 10.1 Å².